The Morgan fingerprint density at radius 1 is 1.24 bits per heavy atom. The summed E-state index contributed by atoms with van der Waals surface area (Å²) in [7, 11) is 0. The second kappa shape index (κ2) is 9.19. The molecule has 1 aliphatic heterocycles. The van der Waals surface area contributed by atoms with Gasteiger partial charge in [0.2, 0.25) is 5.91 Å². The molecule has 3 N–H and O–H groups in total. The number of primary amides is 1. The summed E-state index contributed by atoms with van der Waals surface area (Å²) in [6.45, 7) is 4.45. The molecule has 0 spiro atoms. The number of hydrogen-bond donors (Lipinski definition) is 2. The van der Waals surface area contributed by atoms with Crippen LogP contribution in [0.2, 0.25) is 0 Å². The zero-order chi connectivity index (χ0) is 21.0. The Labute approximate surface area is 175 Å². The molecule has 0 radical (unpaired) electrons. The number of thiophene rings is 1. The quantitative estimate of drug-likeness (QED) is 0.506. The number of carbonyl (C=O) groups is 3. The van der Waals surface area contributed by atoms with Crippen LogP contribution in [-0.4, -0.2) is 43.4 Å². The minimum absolute atomic E-state index is 0.102. The van der Waals surface area contributed by atoms with Crippen LogP contribution in [0.25, 0.3) is 0 Å². The normalized spacial score (nSPS) is 12.3. The molecule has 0 saturated heterocycles. The van der Waals surface area contributed by atoms with Crippen LogP contribution in [-0.2, 0) is 9.53 Å². The van der Waals surface area contributed by atoms with Gasteiger partial charge in [0.1, 0.15) is 18.2 Å². The highest BCUT2D eigenvalue weighted by molar-refractivity contribution is 8.00. The Kier molecular flexibility index (Phi) is 6.65. The number of benzene rings is 1. The zero-order valence-corrected chi connectivity index (χ0v) is 17.5. The van der Waals surface area contributed by atoms with E-state index in [2.05, 4.69) is 5.32 Å². The largest absolute Gasteiger partial charge is 0.486 e. The van der Waals surface area contributed by atoms with E-state index in [9.17, 15) is 14.4 Å². The number of amides is 2. The number of carbonyl (C=O) groups excluding carboxylic acids is 3. The van der Waals surface area contributed by atoms with Gasteiger partial charge in [-0.3, -0.25) is 9.59 Å². The lowest BCUT2D eigenvalue weighted by Gasteiger charge is -2.18. The molecule has 0 atom stereocenters. The van der Waals surface area contributed by atoms with Gasteiger partial charge in [0.25, 0.3) is 5.91 Å². The Bertz CT molecular complexity index is 956. The van der Waals surface area contributed by atoms with Gasteiger partial charge >= 0.3 is 5.97 Å². The molecular formula is C19H20N2O6S2. The second-order valence-corrected chi connectivity index (χ2v) is 8.06. The third-order valence-electron chi connectivity index (χ3n) is 3.99. The maximum absolute atomic E-state index is 12.4. The first-order chi connectivity index (χ1) is 13.9. The molecule has 0 unspecified atom stereocenters. The molecule has 29 heavy (non-hydrogen) atoms. The summed E-state index contributed by atoms with van der Waals surface area (Å²) >= 11 is 2.28. The molecule has 1 aliphatic rings. The van der Waals surface area contributed by atoms with Crippen LogP contribution >= 0.6 is 23.1 Å². The number of esters is 1. The van der Waals surface area contributed by atoms with E-state index >= 15 is 0 Å². The third kappa shape index (κ3) is 4.83. The topological polar surface area (TPSA) is 117 Å². The molecule has 0 saturated carbocycles. The van der Waals surface area contributed by atoms with E-state index < -0.39 is 11.9 Å². The first-order valence-electron chi connectivity index (χ1n) is 8.83. The number of hydrogen-bond acceptors (Lipinski definition) is 8. The van der Waals surface area contributed by atoms with Gasteiger partial charge in [-0.15, -0.1) is 23.1 Å². The molecule has 0 bridgehead atoms. The van der Waals surface area contributed by atoms with Crippen LogP contribution in [0.4, 0.5) is 5.00 Å². The van der Waals surface area contributed by atoms with Crippen LogP contribution < -0.4 is 20.5 Å². The first-order valence-corrected chi connectivity index (χ1v) is 10.6. The van der Waals surface area contributed by atoms with Gasteiger partial charge in [-0.2, -0.15) is 0 Å². The van der Waals surface area contributed by atoms with Gasteiger partial charge in [-0.1, -0.05) is 0 Å². The molecule has 2 heterocycles. The van der Waals surface area contributed by atoms with Crippen molar-refractivity contribution in [1.29, 1.82) is 0 Å². The number of rotatable bonds is 7. The molecule has 3 rings (SSSR count). The molecule has 10 heteroatoms. The fourth-order valence-corrected chi connectivity index (χ4v) is 4.50. The van der Waals surface area contributed by atoms with E-state index in [1.807, 2.05) is 12.1 Å². The maximum atomic E-state index is 12.4. The zero-order valence-electron chi connectivity index (χ0n) is 15.9. The van der Waals surface area contributed by atoms with Crippen LogP contribution in [0.15, 0.2) is 23.1 Å². The predicted octanol–water partition coefficient (Wildman–Crippen LogP) is 2.83. The lowest BCUT2D eigenvalue weighted by molar-refractivity contribution is -0.113. The molecule has 0 fully saturated rings. The monoisotopic (exact) mass is 436 g/mol. The summed E-state index contributed by atoms with van der Waals surface area (Å²) in [5.41, 5.74) is 5.93. The Hall–Kier alpha value is -2.72. The molecule has 8 nitrogen and oxygen atoms in total. The van der Waals surface area contributed by atoms with Gasteiger partial charge in [-0.25, -0.2) is 4.79 Å². The Morgan fingerprint density at radius 2 is 1.97 bits per heavy atom. The lowest BCUT2D eigenvalue weighted by atomic mass is 10.1. The smallest absolute Gasteiger partial charge is 0.341 e. The summed E-state index contributed by atoms with van der Waals surface area (Å²) in [4.78, 5) is 37.4. The van der Waals surface area contributed by atoms with E-state index in [1.165, 1.54) is 11.8 Å². The molecule has 2 amide bonds. The van der Waals surface area contributed by atoms with E-state index in [0.717, 1.165) is 16.2 Å². The van der Waals surface area contributed by atoms with Gasteiger partial charge in [-0.05, 0) is 37.6 Å². The van der Waals surface area contributed by atoms with Crippen molar-refractivity contribution in [2.75, 3.05) is 30.9 Å². The highest BCUT2D eigenvalue weighted by Crippen LogP contribution is 2.35. The molecular weight excluding hydrogens is 416 g/mol. The number of nitrogens with two attached hydrogens (primary N) is 1. The summed E-state index contributed by atoms with van der Waals surface area (Å²) in [5, 5.41) is 2.95. The highest BCUT2D eigenvalue weighted by Gasteiger charge is 2.25. The number of thioether (sulfide) groups is 1. The van der Waals surface area contributed by atoms with Gasteiger partial charge in [0, 0.05) is 4.90 Å². The lowest BCUT2D eigenvalue weighted by Crippen LogP contribution is -2.17. The number of anilines is 1. The number of nitrogens with one attached hydrogen (secondary N) is 1. The van der Waals surface area contributed by atoms with Crippen molar-refractivity contribution >= 4 is 45.9 Å². The molecule has 1 aromatic carbocycles. The van der Waals surface area contributed by atoms with Crippen LogP contribution in [0, 0.1) is 6.92 Å². The summed E-state index contributed by atoms with van der Waals surface area (Å²) in [5.74, 6) is -0.172. The maximum Gasteiger partial charge on any atom is 0.341 e. The minimum atomic E-state index is -0.663. The molecule has 2 aromatic rings. The molecule has 0 aliphatic carbocycles. The third-order valence-corrected chi connectivity index (χ3v) is 6.20. The predicted molar refractivity (Wildman–Crippen MR) is 110 cm³/mol. The van der Waals surface area contributed by atoms with Crippen LogP contribution in [0.3, 0.4) is 0 Å². The van der Waals surface area contributed by atoms with Crippen LogP contribution in [0.5, 0.6) is 11.5 Å². The van der Waals surface area contributed by atoms with Crippen molar-refractivity contribution in [1.82, 2.24) is 0 Å². The number of fused-ring (bicyclic) bond motifs is 1. The van der Waals surface area contributed by atoms with Crippen molar-refractivity contribution in [3.8, 4) is 11.5 Å². The van der Waals surface area contributed by atoms with Gasteiger partial charge in [0.05, 0.1) is 22.8 Å². The van der Waals surface area contributed by atoms with Gasteiger partial charge in [0.15, 0.2) is 11.5 Å². The van der Waals surface area contributed by atoms with Crippen molar-refractivity contribution < 1.29 is 28.6 Å². The minimum Gasteiger partial charge on any atom is -0.486 e. The van der Waals surface area contributed by atoms with Crippen molar-refractivity contribution in [2.24, 2.45) is 5.73 Å². The molecule has 154 valence electrons. The highest BCUT2D eigenvalue weighted by atomic mass is 32.2. The van der Waals surface area contributed by atoms with Crippen molar-refractivity contribution in [3.63, 3.8) is 0 Å². The van der Waals surface area contributed by atoms with E-state index in [-0.39, 0.29) is 33.7 Å². The van der Waals surface area contributed by atoms with Gasteiger partial charge < -0.3 is 25.3 Å². The summed E-state index contributed by atoms with van der Waals surface area (Å²) < 4.78 is 16.1. The molecule has 1 aromatic heterocycles. The van der Waals surface area contributed by atoms with Crippen molar-refractivity contribution in [3.05, 3.63) is 34.2 Å². The Balaban J connectivity index is 1.71. The first kappa shape index (κ1) is 21.0. The van der Waals surface area contributed by atoms with Crippen molar-refractivity contribution in [2.45, 2.75) is 18.7 Å². The summed E-state index contributed by atoms with van der Waals surface area (Å²) in [6, 6.07) is 5.46. The van der Waals surface area contributed by atoms with E-state index in [4.69, 9.17) is 19.9 Å². The summed E-state index contributed by atoms with van der Waals surface area (Å²) in [6.07, 6.45) is 0. The van der Waals surface area contributed by atoms with Crippen LogP contribution in [0.1, 0.15) is 32.5 Å². The van der Waals surface area contributed by atoms with E-state index in [0.29, 0.717) is 30.3 Å². The SMILES string of the molecule is CCOC(=O)c1c(NC(=O)CSc2ccc3c(c2)OCCO3)sc(C(N)=O)c1C. The standard InChI is InChI=1S/C19H20N2O6S2/c1-3-25-19(24)15-10(2)16(17(20)23)29-18(15)21-14(22)9-28-11-4-5-12-13(8-11)27-7-6-26-12/h4-5,8H,3,6-7,9H2,1-2H3,(H2,20,23)(H,21,22). The number of ether oxygens (including phenoxy) is 3. The van der Waals surface area contributed by atoms with E-state index in [1.54, 1.807) is 19.9 Å². The fourth-order valence-electron chi connectivity index (χ4n) is 2.71. The average molecular weight is 437 g/mol. The second-order valence-electron chi connectivity index (χ2n) is 5.99. The Morgan fingerprint density at radius 3 is 2.66 bits per heavy atom. The fraction of sp³-hybridized carbons (Fsp3) is 0.316. The average Bonchev–Trinajstić information content (AvgIpc) is 3.02.